The summed E-state index contributed by atoms with van der Waals surface area (Å²) in [5, 5.41) is 0. The van der Waals surface area contributed by atoms with E-state index >= 15 is 0 Å². The van der Waals surface area contributed by atoms with Crippen molar-refractivity contribution < 1.29 is 0 Å². The Morgan fingerprint density at radius 3 is 2.29 bits per heavy atom. The van der Waals surface area contributed by atoms with Crippen LogP contribution in [0.1, 0.15) is 22.3 Å². The SMILES string of the molecule is Cc1cc2c(c(-c3ccccc3)c1C)Cc1ccccc1-2. The van der Waals surface area contributed by atoms with Gasteiger partial charge in [0, 0.05) is 0 Å². The Hall–Kier alpha value is -2.34. The first kappa shape index (κ1) is 12.4. The summed E-state index contributed by atoms with van der Waals surface area (Å²) in [6.07, 6.45) is 1.05. The number of hydrogen-bond donors (Lipinski definition) is 0. The van der Waals surface area contributed by atoms with Crippen molar-refractivity contribution >= 4 is 0 Å². The highest BCUT2D eigenvalue weighted by Gasteiger charge is 2.23. The van der Waals surface area contributed by atoms with E-state index in [9.17, 15) is 0 Å². The third-order valence-electron chi connectivity index (χ3n) is 4.69. The predicted molar refractivity (Wildman–Crippen MR) is 89.6 cm³/mol. The van der Waals surface area contributed by atoms with E-state index in [4.69, 9.17) is 0 Å². The molecule has 0 radical (unpaired) electrons. The van der Waals surface area contributed by atoms with Gasteiger partial charge in [0.25, 0.3) is 0 Å². The van der Waals surface area contributed by atoms with Gasteiger partial charge in [-0.05, 0) is 64.8 Å². The predicted octanol–water partition coefficient (Wildman–Crippen LogP) is 5.54. The zero-order valence-electron chi connectivity index (χ0n) is 12.5. The molecule has 3 aromatic rings. The van der Waals surface area contributed by atoms with Crippen LogP contribution in [0.2, 0.25) is 0 Å². The molecule has 1 aliphatic rings. The quantitative estimate of drug-likeness (QED) is 0.426. The van der Waals surface area contributed by atoms with E-state index in [2.05, 4.69) is 74.5 Å². The number of benzene rings is 3. The molecule has 0 heteroatoms. The zero-order chi connectivity index (χ0) is 14.4. The molecule has 0 N–H and O–H groups in total. The highest BCUT2D eigenvalue weighted by Crippen LogP contribution is 2.44. The average Bonchev–Trinajstić information content (AvgIpc) is 2.87. The van der Waals surface area contributed by atoms with Gasteiger partial charge in [-0.3, -0.25) is 0 Å². The fraction of sp³-hybridized carbons (Fsp3) is 0.143. The van der Waals surface area contributed by atoms with Gasteiger partial charge in [-0.25, -0.2) is 0 Å². The van der Waals surface area contributed by atoms with Crippen LogP contribution in [0.3, 0.4) is 0 Å². The lowest BCUT2D eigenvalue weighted by Crippen LogP contribution is -1.95. The van der Waals surface area contributed by atoms with Crippen LogP contribution in [0.25, 0.3) is 22.3 Å². The molecule has 0 saturated carbocycles. The largest absolute Gasteiger partial charge is 0.0622 e. The smallest absolute Gasteiger partial charge is 0.000718 e. The molecular weight excluding hydrogens is 252 g/mol. The number of hydrogen-bond acceptors (Lipinski definition) is 0. The van der Waals surface area contributed by atoms with Gasteiger partial charge in [0.1, 0.15) is 0 Å². The Morgan fingerprint density at radius 1 is 0.762 bits per heavy atom. The Bertz CT molecular complexity index is 826. The summed E-state index contributed by atoms with van der Waals surface area (Å²) < 4.78 is 0. The molecule has 0 heterocycles. The van der Waals surface area contributed by atoms with E-state index in [1.54, 1.807) is 0 Å². The van der Waals surface area contributed by atoms with E-state index < -0.39 is 0 Å². The van der Waals surface area contributed by atoms with Crippen LogP contribution in [0, 0.1) is 13.8 Å². The lowest BCUT2D eigenvalue weighted by molar-refractivity contribution is 1.23. The second-order valence-corrected chi connectivity index (χ2v) is 5.92. The minimum atomic E-state index is 1.05. The summed E-state index contributed by atoms with van der Waals surface area (Å²) in [6.45, 7) is 4.48. The van der Waals surface area contributed by atoms with E-state index in [1.807, 2.05) is 0 Å². The van der Waals surface area contributed by atoms with Gasteiger partial charge >= 0.3 is 0 Å². The molecular formula is C21H18. The van der Waals surface area contributed by atoms with Crippen molar-refractivity contribution in [3.63, 3.8) is 0 Å². The molecule has 0 atom stereocenters. The summed E-state index contributed by atoms with van der Waals surface area (Å²) in [6, 6.07) is 22.0. The van der Waals surface area contributed by atoms with Crippen LogP contribution in [-0.2, 0) is 6.42 Å². The molecule has 0 saturated heterocycles. The third kappa shape index (κ3) is 1.83. The van der Waals surface area contributed by atoms with Crippen molar-refractivity contribution in [1.82, 2.24) is 0 Å². The second-order valence-electron chi connectivity index (χ2n) is 5.92. The first-order valence-electron chi connectivity index (χ1n) is 7.52. The first-order chi connectivity index (χ1) is 10.3. The van der Waals surface area contributed by atoms with Crippen LogP contribution >= 0.6 is 0 Å². The van der Waals surface area contributed by atoms with Crippen LogP contribution in [0.5, 0.6) is 0 Å². The van der Waals surface area contributed by atoms with Gasteiger partial charge in [-0.1, -0.05) is 60.7 Å². The number of rotatable bonds is 1. The summed E-state index contributed by atoms with van der Waals surface area (Å²) in [5.74, 6) is 0. The summed E-state index contributed by atoms with van der Waals surface area (Å²) in [4.78, 5) is 0. The average molecular weight is 270 g/mol. The zero-order valence-corrected chi connectivity index (χ0v) is 12.5. The Balaban J connectivity index is 2.04. The summed E-state index contributed by atoms with van der Waals surface area (Å²) >= 11 is 0. The molecule has 1 aliphatic carbocycles. The van der Waals surface area contributed by atoms with Crippen molar-refractivity contribution in [2.75, 3.05) is 0 Å². The second kappa shape index (κ2) is 4.60. The maximum atomic E-state index is 2.36. The van der Waals surface area contributed by atoms with E-state index in [0.717, 1.165) is 6.42 Å². The highest BCUT2D eigenvalue weighted by atomic mass is 14.3. The molecule has 0 aromatic heterocycles. The Morgan fingerprint density at radius 2 is 1.48 bits per heavy atom. The normalized spacial score (nSPS) is 12.1. The Labute approximate surface area is 126 Å². The topological polar surface area (TPSA) is 0 Å². The van der Waals surface area contributed by atoms with Gasteiger partial charge in [0.05, 0.1) is 0 Å². The third-order valence-corrected chi connectivity index (χ3v) is 4.69. The van der Waals surface area contributed by atoms with Crippen molar-refractivity contribution in [3.8, 4) is 22.3 Å². The summed E-state index contributed by atoms with van der Waals surface area (Å²) in [5.41, 5.74) is 11.3. The molecule has 0 spiro atoms. The van der Waals surface area contributed by atoms with Crippen molar-refractivity contribution in [3.05, 3.63) is 82.9 Å². The Kier molecular flexibility index (Phi) is 2.71. The fourth-order valence-corrected chi connectivity index (χ4v) is 3.52. The van der Waals surface area contributed by atoms with Gasteiger partial charge < -0.3 is 0 Å². The molecule has 21 heavy (non-hydrogen) atoms. The maximum absolute atomic E-state index is 2.36. The van der Waals surface area contributed by atoms with Crippen LogP contribution in [0.4, 0.5) is 0 Å². The molecule has 0 bridgehead atoms. The van der Waals surface area contributed by atoms with Gasteiger partial charge in [-0.15, -0.1) is 0 Å². The van der Waals surface area contributed by atoms with E-state index in [-0.39, 0.29) is 0 Å². The van der Waals surface area contributed by atoms with Crippen molar-refractivity contribution in [2.45, 2.75) is 20.3 Å². The van der Waals surface area contributed by atoms with Crippen LogP contribution in [0.15, 0.2) is 60.7 Å². The molecule has 102 valence electrons. The van der Waals surface area contributed by atoms with E-state index in [1.165, 1.54) is 44.5 Å². The number of fused-ring (bicyclic) bond motifs is 3. The highest BCUT2D eigenvalue weighted by molar-refractivity contribution is 5.87. The monoisotopic (exact) mass is 270 g/mol. The van der Waals surface area contributed by atoms with Gasteiger partial charge in [-0.2, -0.15) is 0 Å². The molecule has 0 amide bonds. The number of aryl methyl sites for hydroxylation is 1. The first-order valence-corrected chi connectivity index (χ1v) is 7.52. The van der Waals surface area contributed by atoms with Crippen LogP contribution < -0.4 is 0 Å². The minimum absolute atomic E-state index is 1.05. The molecule has 0 nitrogen and oxygen atoms in total. The molecule has 0 aliphatic heterocycles. The maximum Gasteiger partial charge on any atom is -0.000718 e. The van der Waals surface area contributed by atoms with Gasteiger partial charge in [0.15, 0.2) is 0 Å². The summed E-state index contributed by atoms with van der Waals surface area (Å²) in [7, 11) is 0. The fourth-order valence-electron chi connectivity index (χ4n) is 3.52. The molecule has 0 unspecified atom stereocenters. The van der Waals surface area contributed by atoms with Crippen molar-refractivity contribution in [2.24, 2.45) is 0 Å². The van der Waals surface area contributed by atoms with Crippen LogP contribution in [-0.4, -0.2) is 0 Å². The van der Waals surface area contributed by atoms with Crippen molar-refractivity contribution in [1.29, 1.82) is 0 Å². The lowest BCUT2D eigenvalue weighted by Gasteiger charge is -2.15. The molecule has 0 fully saturated rings. The van der Waals surface area contributed by atoms with E-state index in [0.29, 0.717) is 0 Å². The molecule has 4 rings (SSSR count). The minimum Gasteiger partial charge on any atom is -0.0622 e. The van der Waals surface area contributed by atoms with Gasteiger partial charge in [0.2, 0.25) is 0 Å². The molecule has 3 aromatic carbocycles. The lowest BCUT2D eigenvalue weighted by atomic mass is 9.89. The standard InChI is InChI=1S/C21H18/c1-14-12-19-18-11-7-6-10-17(18)13-20(19)21(15(14)2)16-8-4-3-5-9-16/h3-12H,13H2,1-2H3.